The van der Waals surface area contributed by atoms with E-state index in [0.29, 0.717) is 17.9 Å². The number of halogens is 1. The Bertz CT molecular complexity index is 483. The number of nitrogens with zero attached hydrogens (tertiary/aromatic N) is 1. The summed E-state index contributed by atoms with van der Waals surface area (Å²) in [6.45, 7) is 1.78. The zero-order chi connectivity index (χ0) is 14.3. The number of nitrogens with one attached hydrogen (secondary N) is 1. The molecule has 0 saturated heterocycles. The lowest BCUT2D eigenvalue weighted by Crippen LogP contribution is -2.29. The highest BCUT2D eigenvalue weighted by Gasteiger charge is 2.11. The van der Waals surface area contributed by atoms with Crippen LogP contribution in [0.25, 0.3) is 0 Å². The number of nitriles is 1. The minimum atomic E-state index is -0.676. The summed E-state index contributed by atoms with van der Waals surface area (Å²) in [7, 11) is 0. The van der Waals surface area contributed by atoms with Crippen LogP contribution in [0.15, 0.2) is 22.7 Å². The van der Waals surface area contributed by atoms with Crippen LogP contribution in [0.5, 0.6) is 5.75 Å². The van der Waals surface area contributed by atoms with Crippen LogP contribution < -0.4 is 10.1 Å². The SMILES string of the molecule is C[C@@H](O)c1ccc(Br)cc1OCC(=O)NCCC#N. The van der Waals surface area contributed by atoms with Crippen molar-refractivity contribution in [2.45, 2.75) is 19.4 Å². The van der Waals surface area contributed by atoms with Crippen LogP contribution in [-0.4, -0.2) is 24.2 Å². The van der Waals surface area contributed by atoms with Crippen molar-refractivity contribution in [3.63, 3.8) is 0 Å². The van der Waals surface area contributed by atoms with Crippen LogP contribution in [0, 0.1) is 11.3 Å². The van der Waals surface area contributed by atoms with Crippen molar-refractivity contribution in [3.8, 4) is 11.8 Å². The van der Waals surface area contributed by atoms with Crippen molar-refractivity contribution >= 4 is 21.8 Å². The Morgan fingerprint density at radius 1 is 1.63 bits per heavy atom. The smallest absolute Gasteiger partial charge is 0.257 e. The average Bonchev–Trinajstić information content (AvgIpc) is 2.36. The van der Waals surface area contributed by atoms with Gasteiger partial charge in [0.2, 0.25) is 0 Å². The molecule has 0 aliphatic carbocycles. The number of carbonyl (C=O) groups excluding carboxylic acids is 1. The third-order valence-corrected chi connectivity index (χ3v) is 2.84. The van der Waals surface area contributed by atoms with Gasteiger partial charge in [0.05, 0.1) is 18.6 Å². The lowest BCUT2D eigenvalue weighted by Gasteiger charge is -2.13. The van der Waals surface area contributed by atoms with E-state index in [1.807, 2.05) is 6.07 Å². The van der Waals surface area contributed by atoms with Gasteiger partial charge in [-0.2, -0.15) is 5.26 Å². The van der Waals surface area contributed by atoms with E-state index < -0.39 is 6.10 Å². The maximum atomic E-state index is 11.4. The lowest BCUT2D eigenvalue weighted by atomic mass is 10.1. The van der Waals surface area contributed by atoms with Gasteiger partial charge in [-0.15, -0.1) is 0 Å². The molecule has 5 nitrogen and oxygen atoms in total. The lowest BCUT2D eigenvalue weighted by molar-refractivity contribution is -0.123. The Hall–Kier alpha value is -1.58. The number of benzene rings is 1. The van der Waals surface area contributed by atoms with Crippen molar-refractivity contribution in [3.05, 3.63) is 28.2 Å². The van der Waals surface area contributed by atoms with E-state index >= 15 is 0 Å². The second-order valence-corrected chi connectivity index (χ2v) is 4.82. The predicted octanol–water partition coefficient (Wildman–Crippen LogP) is 1.91. The molecule has 2 N–H and O–H groups in total. The number of aliphatic hydroxyl groups is 1. The van der Waals surface area contributed by atoms with Gasteiger partial charge < -0.3 is 15.2 Å². The Kier molecular flexibility index (Phi) is 6.33. The molecule has 19 heavy (non-hydrogen) atoms. The molecule has 0 spiro atoms. The van der Waals surface area contributed by atoms with Gasteiger partial charge in [-0.05, 0) is 19.1 Å². The largest absolute Gasteiger partial charge is 0.483 e. The summed E-state index contributed by atoms with van der Waals surface area (Å²) in [5.41, 5.74) is 0.619. The van der Waals surface area contributed by atoms with E-state index in [-0.39, 0.29) is 18.9 Å². The molecule has 0 aliphatic rings. The van der Waals surface area contributed by atoms with Crippen molar-refractivity contribution < 1.29 is 14.6 Å². The zero-order valence-electron chi connectivity index (χ0n) is 10.5. The number of carbonyl (C=O) groups is 1. The summed E-state index contributed by atoms with van der Waals surface area (Å²) in [5.74, 6) is 0.159. The molecule has 0 aliphatic heterocycles. The average molecular weight is 327 g/mol. The third-order valence-electron chi connectivity index (χ3n) is 2.34. The summed E-state index contributed by atoms with van der Waals surface area (Å²) < 4.78 is 6.19. The Balaban J connectivity index is 2.59. The van der Waals surface area contributed by atoms with E-state index in [1.165, 1.54) is 0 Å². The van der Waals surface area contributed by atoms with E-state index in [9.17, 15) is 9.90 Å². The molecule has 0 unspecified atom stereocenters. The number of hydrogen-bond acceptors (Lipinski definition) is 4. The van der Waals surface area contributed by atoms with Crippen LogP contribution in [0.3, 0.4) is 0 Å². The van der Waals surface area contributed by atoms with Crippen LogP contribution in [-0.2, 0) is 4.79 Å². The molecule has 0 saturated carbocycles. The minimum absolute atomic E-state index is 0.151. The summed E-state index contributed by atoms with van der Waals surface area (Å²) in [4.78, 5) is 11.4. The van der Waals surface area contributed by atoms with Gasteiger partial charge in [-0.1, -0.05) is 22.0 Å². The number of aliphatic hydroxyl groups excluding tert-OH is 1. The quantitative estimate of drug-likeness (QED) is 0.782. The van der Waals surface area contributed by atoms with Crippen LogP contribution in [0.4, 0.5) is 0 Å². The Morgan fingerprint density at radius 3 is 3.00 bits per heavy atom. The fraction of sp³-hybridized carbons (Fsp3) is 0.385. The molecule has 1 aromatic carbocycles. The molecule has 0 fully saturated rings. The molecular formula is C13H15BrN2O3. The first-order chi connectivity index (χ1) is 9.04. The van der Waals surface area contributed by atoms with E-state index in [4.69, 9.17) is 10.00 Å². The van der Waals surface area contributed by atoms with Crippen molar-refractivity contribution in [2.24, 2.45) is 0 Å². The molecule has 1 rings (SSSR count). The highest BCUT2D eigenvalue weighted by molar-refractivity contribution is 9.10. The molecule has 0 bridgehead atoms. The van der Waals surface area contributed by atoms with Gasteiger partial charge >= 0.3 is 0 Å². The summed E-state index contributed by atoms with van der Waals surface area (Å²) in [5, 5.41) is 20.5. The van der Waals surface area contributed by atoms with Gasteiger partial charge in [0.15, 0.2) is 6.61 Å². The van der Waals surface area contributed by atoms with Gasteiger partial charge in [0, 0.05) is 16.6 Å². The molecule has 1 aromatic rings. The maximum Gasteiger partial charge on any atom is 0.257 e. The standard InChI is InChI=1S/C13H15BrN2O3/c1-9(17)11-4-3-10(14)7-12(11)19-8-13(18)16-6-2-5-15/h3-4,7,9,17H,2,6,8H2,1H3,(H,16,18)/t9-/m1/s1. The fourth-order valence-electron chi connectivity index (χ4n) is 1.43. The highest BCUT2D eigenvalue weighted by Crippen LogP contribution is 2.28. The van der Waals surface area contributed by atoms with Crippen molar-refractivity contribution in [2.75, 3.05) is 13.2 Å². The minimum Gasteiger partial charge on any atom is -0.483 e. The molecule has 1 amide bonds. The molecule has 1 atom stereocenters. The molecule has 6 heteroatoms. The van der Waals surface area contributed by atoms with Gasteiger partial charge in [-0.3, -0.25) is 4.79 Å². The molecule has 0 heterocycles. The number of hydrogen-bond donors (Lipinski definition) is 2. The molecule has 102 valence electrons. The van der Waals surface area contributed by atoms with Gasteiger partial charge in [-0.25, -0.2) is 0 Å². The van der Waals surface area contributed by atoms with Gasteiger partial charge in [0.1, 0.15) is 5.75 Å². The summed E-state index contributed by atoms with van der Waals surface area (Å²) in [6, 6.07) is 7.16. The topological polar surface area (TPSA) is 82.3 Å². The summed E-state index contributed by atoms with van der Waals surface area (Å²) in [6.07, 6.45) is -0.411. The third kappa shape index (κ3) is 5.28. The van der Waals surface area contributed by atoms with Crippen LogP contribution in [0.1, 0.15) is 25.0 Å². The Labute approximate surface area is 120 Å². The van der Waals surface area contributed by atoms with Crippen LogP contribution >= 0.6 is 15.9 Å². The van der Waals surface area contributed by atoms with E-state index in [2.05, 4.69) is 21.2 Å². The fourth-order valence-corrected chi connectivity index (χ4v) is 1.77. The monoisotopic (exact) mass is 326 g/mol. The first-order valence-electron chi connectivity index (χ1n) is 5.78. The second-order valence-electron chi connectivity index (χ2n) is 3.90. The van der Waals surface area contributed by atoms with E-state index in [1.54, 1.807) is 25.1 Å². The number of rotatable bonds is 6. The maximum absolute atomic E-state index is 11.4. The Morgan fingerprint density at radius 2 is 2.37 bits per heavy atom. The first kappa shape index (κ1) is 15.5. The van der Waals surface area contributed by atoms with Crippen LogP contribution in [0.2, 0.25) is 0 Å². The highest BCUT2D eigenvalue weighted by atomic mass is 79.9. The zero-order valence-corrected chi connectivity index (χ0v) is 12.1. The van der Waals surface area contributed by atoms with Gasteiger partial charge in [0.25, 0.3) is 5.91 Å². The molecular weight excluding hydrogens is 312 g/mol. The van der Waals surface area contributed by atoms with Crippen molar-refractivity contribution in [1.82, 2.24) is 5.32 Å². The molecule has 0 aromatic heterocycles. The molecule has 0 radical (unpaired) electrons. The van der Waals surface area contributed by atoms with Crippen molar-refractivity contribution in [1.29, 1.82) is 5.26 Å². The summed E-state index contributed by atoms with van der Waals surface area (Å²) >= 11 is 3.31. The number of amides is 1. The van der Waals surface area contributed by atoms with E-state index in [0.717, 1.165) is 4.47 Å². The second kappa shape index (κ2) is 7.77. The first-order valence-corrected chi connectivity index (χ1v) is 6.58. The number of ether oxygens (including phenoxy) is 1. The normalized spacial score (nSPS) is 11.5. The predicted molar refractivity (Wildman–Crippen MR) is 73.5 cm³/mol.